The summed E-state index contributed by atoms with van der Waals surface area (Å²) in [5.74, 6) is 1.54. The molecule has 1 fully saturated rings. The molecule has 1 aliphatic carbocycles. The van der Waals surface area contributed by atoms with E-state index < -0.39 is 0 Å². The monoisotopic (exact) mass is 358 g/mol. The molecule has 0 aliphatic heterocycles. The minimum Gasteiger partial charge on any atom is -0.490 e. The zero-order valence-corrected chi connectivity index (χ0v) is 16.7. The van der Waals surface area contributed by atoms with E-state index in [1.807, 2.05) is 39.0 Å². The molecule has 3 rings (SSSR count). The first-order chi connectivity index (χ1) is 12.6. The zero-order chi connectivity index (χ0) is 19.1. The van der Waals surface area contributed by atoms with Gasteiger partial charge in [0.25, 0.3) is 5.56 Å². The summed E-state index contributed by atoms with van der Waals surface area (Å²) in [5.41, 5.74) is 7.25. The molecule has 1 atom stereocenters. The van der Waals surface area contributed by atoms with Crippen molar-refractivity contribution in [3.8, 4) is 5.75 Å². The van der Waals surface area contributed by atoms with E-state index in [9.17, 15) is 4.79 Å². The van der Waals surface area contributed by atoms with E-state index in [1.54, 1.807) is 6.20 Å². The van der Waals surface area contributed by atoms with Gasteiger partial charge in [0.2, 0.25) is 0 Å². The number of pyridine rings is 1. The summed E-state index contributed by atoms with van der Waals surface area (Å²) in [6.45, 7) is 8.20. The van der Waals surface area contributed by atoms with Gasteiger partial charge in [-0.15, -0.1) is 0 Å². The van der Waals surface area contributed by atoms with Crippen molar-refractivity contribution in [3.05, 3.63) is 40.3 Å². The van der Waals surface area contributed by atoms with Crippen LogP contribution in [0.5, 0.6) is 5.75 Å². The zero-order valence-electron chi connectivity index (χ0n) is 16.7. The van der Waals surface area contributed by atoms with E-state index in [0.29, 0.717) is 12.0 Å². The van der Waals surface area contributed by atoms with Crippen molar-refractivity contribution in [3.63, 3.8) is 0 Å². The van der Waals surface area contributed by atoms with Crippen molar-refractivity contribution >= 4 is 10.8 Å². The number of hydrogen-bond donors (Lipinski definition) is 2. The van der Waals surface area contributed by atoms with Crippen LogP contribution >= 0.6 is 0 Å². The maximum Gasteiger partial charge on any atom is 0.255 e. The van der Waals surface area contributed by atoms with Crippen LogP contribution in [0.15, 0.2) is 29.2 Å². The number of nitrogens with one attached hydrogen (secondary N) is 1. The van der Waals surface area contributed by atoms with Crippen LogP contribution in [0.25, 0.3) is 10.8 Å². The molecule has 1 aromatic heterocycles. The number of H-pyrrole nitrogens is 1. The Kier molecular flexibility index (Phi) is 7.70. The molecule has 4 nitrogen and oxygen atoms in total. The fourth-order valence-corrected chi connectivity index (χ4v) is 3.83. The van der Waals surface area contributed by atoms with E-state index in [0.717, 1.165) is 60.6 Å². The summed E-state index contributed by atoms with van der Waals surface area (Å²) in [4.78, 5) is 14.6. The largest absolute Gasteiger partial charge is 0.490 e. The Morgan fingerprint density at radius 1 is 1.23 bits per heavy atom. The van der Waals surface area contributed by atoms with Crippen molar-refractivity contribution in [2.45, 2.75) is 78.4 Å². The normalized spacial score (nSPS) is 21.0. The molecular weight excluding hydrogens is 324 g/mol. The summed E-state index contributed by atoms with van der Waals surface area (Å²) < 4.78 is 6.27. The Bertz CT molecular complexity index is 745. The number of aromatic amines is 1. The van der Waals surface area contributed by atoms with Crippen molar-refractivity contribution in [2.75, 3.05) is 0 Å². The van der Waals surface area contributed by atoms with Crippen LogP contribution in [0.2, 0.25) is 0 Å². The van der Waals surface area contributed by atoms with E-state index >= 15 is 0 Å². The standard InChI is InChI=1S/C20H28N2O2.C2H6/c1-3-4-18(21)14-5-7-16(8-6-14)24-19-12-15-9-10-22-20(23)17(15)11-13(19)2;1-2/h9-12,14,16,18H,3-8,21H2,1-2H3,(H,22,23);1-2H3. The van der Waals surface area contributed by atoms with Gasteiger partial charge in [-0.2, -0.15) is 0 Å². The van der Waals surface area contributed by atoms with Crippen LogP contribution in [0, 0.1) is 12.8 Å². The Hall–Kier alpha value is -1.81. The SMILES string of the molecule is CC.CCCC(N)C1CCC(Oc2cc3cc[nH]c(=O)c3cc2C)CC1. The predicted octanol–water partition coefficient (Wildman–Crippen LogP) is 4.93. The molecular formula is C22H34N2O2. The van der Waals surface area contributed by atoms with Gasteiger partial charge in [0.15, 0.2) is 0 Å². The second kappa shape index (κ2) is 9.77. The van der Waals surface area contributed by atoms with Crippen molar-refractivity contribution in [1.29, 1.82) is 0 Å². The molecule has 1 unspecified atom stereocenters. The highest BCUT2D eigenvalue weighted by Gasteiger charge is 2.26. The van der Waals surface area contributed by atoms with Crippen LogP contribution in [-0.2, 0) is 0 Å². The molecule has 0 saturated heterocycles. The molecule has 1 aliphatic rings. The fourth-order valence-electron chi connectivity index (χ4n) is 3.83. The van der Waals surface area contributed by atoms with Gasteiger partial charge in [0, 0.05) is 17.6 Å². The number of nitrogens with two attached hydrogens (primary N) is 1. The summed E-state index contributed by atoms with van der Waals surface area (Å²) in [5, 5.41) is 1.65. The van der Waals surface area contributed by atoms with Gasteiger partial charge >= 0.3 is 0 Å². The van der Waals surface area contributed by atoms with Gasteiger partial charge in [-0.3, -0.25) is 4.79 Å². The number of fused-ring (bicyclic) bond motifs is 1. The van der Waals surface area contributed by atoms with E-state index in [-0.39, 0.29) is 11.7 Å². The second-order valence-electron chi connectivity index (χ2n) is 7.12. The van der Waals surface area contributed by atoms with Gasteiger partial charge in [-0.05, 0) is 74.1 Å². The maximum atomic E-state index is 11.9. The smallest absolute Gasteiger partial charge is 0.255 e. The number of ether oxygens (including phenoxy) is 1. The number of rotatable bonds is 5. The van der Waals surface area contributed by atoms with E-state index in [4.69, 9.17) is 10.5 Å². The summed E-state index contributed by atoms with van der Waals surface area (Å²) in [7, 11) is 0. The molecule has 2 aromatic rings. The average molecular weight is 359 g/mol. The molecule has 26 heavy (non-hydrogen) atoms. The molecule has 0 amide bonds. The first kappa shape index (κ1) is 20.5. The lowest BCUT2D eigenvalue weighted by atomic mass is 9.81. The molecule has 1 saturated carbocycles. The number of hydrogen-bond acceptors (Lipinski definition) is 3. The first-order valence-corrected chi connectivity index (χ1v) is 10.1. The van der Waals surface area contributed by atoms with Crippen molar-refractivity contribution < 1.29 is 4.74 Å². The Morgan fingerprint density at radius 2 is 1.92 bits per heavy atom. The van der Waals surface area contributed by atoms with Crippen LogP contribution in [0.1, 0.15) is 64.9 Å². The van der Waals surface area contributed by atoms with Gasteiger partial charge in [0.05, 0.1) is 6.10 Å². The Labute approximate surface area is 157 Å². The third kappa shape index (κ3) is 4.88. The van der Waals surface area contributed by atoms with Crippen LogP contribution in [-0.4, -0.2) is 17.1 Å². The van der Waals surface area contributed by atoms with E-state index in [1.165, 1.54) is 0 Å². The highest BCUT2D eigenvalue weighted by atomic mass is 16.5. The summed E-state index contributed by atoms with van der Waals surface area (Å²) in [6.07, 6.45) is 8.65. The highest BCUT2D eigenvalue weighted by Crippen LogP contribution is 2.32. The predicted molar refractivity (Wildman–Crippen MR) is 110 cm³/mol. The molecule has 1 aromatic carbocycles. The highest BCUT2D eigenvalue weighted by molar-refractivity contribution is 5.83. The third-order valence-electron chi connectivity index (χ3n) is 5.31. The maximum absolute atomic E-state index is 11.9. The van der Waals surface area contributed by atoms with Crippen LogP contribution in [0.4, 0.5) is 0 Å². The quantitative estimate of drug-likeness (QED) is 0.796. The fraction of sp³-hybridized carbons (Fsp3) is 0.591. The minimum absolute atomic E-state index is 0.0485. The lowest BCUT2D eigenvalue weighted by molar-refractivity contribution is 0.121. The number of benzene rings is 1. The van der Waals surface area contributed by atoms with Crippen LogP contribution in [0.3, 0.4) is 0 Å². The first-order valence-electron chi connectivity index (χ1n) is 10.1. The second-order valence-corrected chi connectivity index (χ2v) is 7.12. The molecule has 1 heterocycles. The molecule has 0 spiro atoms. The minimum atomic E-state index is -0.0485. The number of aromatic nitrogens is 1. The molecule has 0 radical (unpaired) electrons. The lowest BCUT2D eigenvalue weighted by Crippen LogP contribution is -2.35. The molecule has 144 valence electrons. The van der Waals surface area contributed by atoms with Gasteiger partial charge in [-0.25, -0.2) is 0 Å². The Morgan fingerprint density at radius 3 is 2.58 bits per heavy atom. The Balaban J connectivity index is 0.00000117. The van der Waals surface area contributed by atoms with Crippen molar-refractivity contribution in [1.82, 2.24) is 4.98 Å². The van der Waals surface area contributed by atoms with Gasteiger partial charge < -0.3 is 15.5 Å². The molecule has 4 heteroatoms. The summed E-state index contributed by atoms with van der Waals surface area (Å²) in [6, 6.07) is 6.18. The topological polar surface area (TPSA) is 68.1 Å². The van der Waals surface area contributed by atoms with Crippen LogP contribution < -0.4 is 16.0 Å². The average Bonchev–Trinajstić information content (AvgIpc) is 2.66. The van der Waals surface area contributed by atoms with Gasteiger partial charge in [-0.1, -0.05) is 27.2 Å². The molecule has 3 N–H and O–H groups in total. The van der Waals surface area contributed by atoms with Gasteiger partial charge in [0.1, 0.15) is 5.75 Å². The van der Waals surface area contributed by atoms with E-state index in [2.05, 4.69) is 11.9 Å². The lowest BCUT2D eigenvalue weighted by Gasteiger charge is -2.32. The molecule has 0 bridgehead atoms. The summed E-state index contributed by atoms with van der Waals surface area (Å²) >= 11 is 0. The van der Waals surface area contributed by atoms with Crippen molar-refractivity contribution in [2.24, 2.45) is 11.7 Å². The number of aryl methyl sites for hydroxylation is 1. The third-order valence-corrected chi connectivity index (χ3v) is 5.31.